The summed E-state index contributed by atoms with van der Waals surface area (Å²) in [6.45, 7) is 2.24. The molecule has 16 heavy (non-hydrogen) atoms. The van der Waals surface area contributed by atoms with E-state index in [0.29, 0.717) is 17.9 Å². The zero-order valence-corrected chi connectivity index (χ0v) is 9.47. The number of anilines is 1. The van der Waals surface area contributed by atoms with Crippen molar-refractivity contribution < 1.29 is 4.74 Å². The van der Waals surface area contributed by atoms with Gasteiger partial charge in [0.1, 0.15) is 5.75 Å². The summed E-state index contributed by atoms with van der Waals surface area (Å²) >= 11 is 0. The molecule has 0 saturated heterocycles. The fourth-order valence-electron chi connectivity index (χ4n) is 2.23. The first-order chi connectivity index (χ1) is 7.70. The lowest BCUT2D eigenvalue weighted by Crippen LogP contribution is -2.01. The summed E-state index contributed by atoms with van der Waals surface area (Å²) in [5.74, 6) is 2.14. The Morgan fingerprint density at radius 1 is 1.50 bits per heavy atom. The number of hydrogen-bond donors (Lipinski definition) is 1. The molecule has 1 aromatic heterocycles. The SMILES string of the molecule is COc1ccc2c(c1)nc(N)n2C1CC1C. The van der Waals surface area contributed by atoms with E-state index in [9.17, 15) is 0 Å². The molecular weight excluding hydrogens is 202 g/mol. The van der Waals surface area contributed by atoms with Crippen LogP contribution in [-0.4, -0.2) is 16.7 Å². The number of nitrogens with zero attached hydrogens (tertiary/aromatic N) is 2. The molecule has 1 aliphatic rings. The van der Waals surface area contributed by atoms with Crippen LogP contribution in [0.15, 0.2) is 18.2 Å². The number of benzene rings is 1. The van der Waals surface area contributed by atoms with Crippen molar-refractivity contribution in [2.45, 2.75) is 19.4 Å². The molecule has 1 aromatic carbocycles. The van der Waals surface area contributed by atoms with Crippen LogP contribution < -0.4 is 10.5 Å². The largest absolute Gasteiger partial charge is 0.497 e. The van der Waals surface area contributed by atoms with E-state index in [1.807, 2.05) is 18.2 Å². The molecule has 1 aliphatic carbocycles. The molecule has 3 rings (SSSR count). The van der Waals surface area contributed by atoms with E-state index in [0.717, 1.165) is 16.8 Å². The number of aromatic nitrogens is 2. The number of fused-ring (bicyclic) bond motifs is 1. The standard InChI is InChI=1S/C12H15N3O/c1-7-5-11(7)15-10-4-3-8(16-2)6-9(10)14-12(15)13/h3-4,6-7,11H,5H2,1-2H3,(H2,13,14). The highest BCUT2D eigenvalue weighted by Crippen LogP contribution is 2.45. The molecule has 4 heteroatoms. The predicted octanol–water partition coefficient (Wildman–Crippen LogP) is 2.21. The smallest absolute Gasteiger partial charge is 0.201 e. The normalized spacial score (nSPS) is 23.6. The minimum absolute atomic E-state index is 0.526. The molecule has 0 aliphatic heterocycles. The van der Waals surface area contributed by atoms with Gasteiger partial charge in [-0.1, -0.05) is 6.92 Å². The van der Waals surface area contributed by atoms with Crippen LogP contribution in [0.2, 0.25) is 0 Å². The van der Waals surface area contributed by atoms with Gasteiger partial charge in [0.2, 0.25) is 5.95 Å². The number of rotatable bonds is 2. The van der Waals surface area contributed by atoms with Gasteiger partial charge in [-0.2, -0.15) is 0 Å². The summed E-state index contributed by atoms with van der Waals surface area (Å²) < 4.78 is 7.32. The van der Waals surface area contributed by atoms with E-state index >= 15 is 0 Å². The Hall–Kier alpha value is -1.71. The topological polar surface area (TPSA) is 53.1 Å². The van der Waals surface area contributed by atoms with Gasteiger partial charge >= 0.3 is 0 Å². The Labute approximate surface area is 94.0 Å². The average Bonchev–Trinajstić information content (AvgIpc) is 2.88. The van der Waals surface area contributed by atoms with E-state index in [-0.39, 0.29) is 0 Å². The summed E-state index contributed by atoms with van der Waals surface area (Å²) in [4.78, 5) is 4.38. The number of nitrogens with two attached hydrogens (primary N) is 1. The Morgan fingerprint density at radius 3 is 2.88 bits per heavy atom. The number of methoxy groups -OCH3 is 1. The number of nitrogen functional groups attached to an aromatic ring is 1. The van der Waals surface area contributed by atoms with Crippen LogP contribution in [0.1, 0.15) is 19.4 Å². The fourth-order valence-corrected chi connectivity index (χ4v) is 2.23. The number of imidazole rings is 1. The molecule has 2 aromatic rings. The van der Waals surface area contributed by atoms with Crippen molar-refractivity contribution in [1.29, 1.82) is 0 Å². The molecule has 0 bridgehead atoms. The van der Waals surface area contributed by atoms with Crippen LogP contribution in [0.3, 0.4) is 0 Å². The molecule has 0 spiro atoms. The van der Waals surface area contributed by atoms with E-state index in [1.165, 1.54) is 6.42 Å². The number of ether oxygens (including phenoxy) is 1. The van der Waals surface area contributed by atoms with Gasteiger partial charge in [-0.05, 0) is 24.5 Å². The second-order valence-electron chi connectivity index (χ2n) is 4.47. The monoisotopic (exact) mass is 217 g/mol. The Bertz CT molecular complexity index is 546. The summed E-state index contributed by atoms with van der Waals surface area (Å²) in [6, 6.07) is 6.43. The zero-order chi connectivity index (χ0) is 11.3. The lowest BCUT2D eigenvalue weighted by Gasteiger charge is -2.04. The first kappa shape index (κ1) is 9.51. The highest BCUT2D eigenvalue weighted by molar-refractivity contribution is 5.80. The van der Waals surface area contributed by atoms with Crippen molar-refractivity contribution in [2.75, 3.05) is 12.8 Å². The van der Waals surface area contributed by atoms with Crippen molar-refractivity contribution in [3.05, 3.63) is 18.2 Å². The summed E-state index contributed by atoms with van der Waals surface area (Å²) in [6.07, 6.45) is 1.20. The van der Waals surface area contributed by atoms with Crippen LogP contribution in [-0.2, 0) is 0 Å². The zero-order valence-electron chi connectivity index (χ0n) is 9.47. The number of hydrogen-bond acceptors (Lipinski definition) is 3. The van der Waals surface area contributed by atoms with Crippen LogP contribution in [0.25, 0.3) is 11.0 Å². The maximum absolute atomic E-state index is 5.96. The van der Waals surface area contributed by atoms with E-state index < -0.39 is 0 Å². The molecule has 1 saturated carbocycles. The van der Waals surface area contributed by atoms with Gasteiger partial charge in [0.05, 0.1) is 18.1 Å². The molecule has 1 fully saturated rings. The van der Waals surface area contributed by atoms with Crippen molar-refractivity contribution in [3.63, 3.8) is 0 Å². The van der Waals surface area contributed by atoms with Crippen LogP contribution >= 0.6 is 0 Å². The van der Waals surface area contributed by atoms with Gasteiger partial charge in [-0.25, -0.2) is 4.98 Å². The Morgan fingerprint density at radius 2 is 2.25 bits per heavy atom. The first-order valence-electron chi connectivity index (χ1n) is 5.52. The van der Waals surface area contributed by atoms with Crippen molar-refractivity contribution >= 4 is 17.0 Å². The molecule has 1 heterocycles. The highest BCUT2D eigenvalue weighted by Gasteiger charge is 2.36. The summed E-state index contributed by atoms with van der Waals surface area (Å²) in [5, 5.41) is 0. The summed E-state index contributed by atoms with van der Waals surface area (Å²) in [7, 11) is 1.66. The van der Waals surface area contributed by atoms with Crippen LogP contribution in [0, 0.1) is 5.92 Å². The van der Waals surface area contributed by atoms with Gasteiger partial charge in [0.15, 0.2) is 0 Å². The molecule has 84 valence electrons. The van der Waals surface area contributed by atoms with E-state index in [4.69, 9.17) is 10.5 Å². The third-order valence-corrected chi connectivity index (χ3v) is 3.32. The van der Waals surface area contributed by atoms with Gasteiger partial charge < -0.3 is 15.0 Å². The van der Waals surface area contributed by atoms with Gasteiger partial charge in [0.25, 0.3) is 0 Å². The lowest BCUT2D eigenvalue weighted by atomic mass is 10.3. The molecule has 2 unspecified atom stereocenters. The molecule has 2 N–H and O–H groups in total. The summed E-state index contributed by atoms with van der Waals surface area (Å²) in [5.41, 5.74) is 7.98. The lowest BCUT2D eigenvalue weighted by molar-refractivity contribution is 0.415. The maximum Gasteiger partial charge on any atom is 0.201 e. The minimum atomic E-state index is 0.526. The molecular formula is C12H15N3O. The van der Waals surface area contributed by atoms with Gasteiger partial charge in [-0.15, -0.1) is 0 Å². The molecule has 0 radical (unpaired) electrons. The molecule has 0 amide bonds. The van der Waals surface area contributed by atoms with E-state index in [1.54, 1.807) is 7.11 Å². The van der Waals surface area contributed by atoms with Crippen LogP contribution in [0.4, 0.5) is 5.95 Å². The maximum atomic E-state index is 5.96. The Kier molecular flexibility index (Phi) is 1.87. The average molecular weight is 217 g/mol. The Balaban J connectivity index is 2.17. The fraction of sp³-hybridized carbons (Fsp3) is 0.417. The molecule has 2 atom stereocenters. The third-order valence-electron chi connectivity index (χ3n) is 3.32. The van der Waals surface area contributed by atoms with E-state index in [2.05, 4.69) is 16.5 Å². The second-order valence-corrected chi connectivity index (χ2v) is 4.47. The van der Waals surface area contributed by atoms with Crippen LogP contribution in [0.5, 0.6) is 5.75 Å². The van der Waals surface area contributed by atoms with Gasteiger partial charge in [-0.3, -0.25) is 0 Å². The quantitative estimate of drug-likeness (QED) is 0.839. The molecule has 4 nitrogen and oxygen atoms in total. The third kappa shape index (κ3) is 1.26. The van der Waals surface area contributed by atoms with Crippen molar-refractivity contribution in [2.24, 2.45) is 5.92 Å². The predicted molar refractivity (Wildman–Crippen MR) is 63.5 cm³/mol. The second kappa shape index (κ2) is 3.14. The van der Waals surface area contributed by atoms with Crippen molar-refractivity contribution in [1.82, 2.24) is 9.55 Å². The first-order valence-corrected chi connectivity index (χ1v) is 5.52. The highest BCUT2D eigenvalue weighted by atomic mass is 16.5. The van der Waals surface area contributed by atoms with Crippen molar-refractivity contribution in [3.8, 4) is 5.75 Å². The van der Waals surface area contributed by atoms with Gasteiger partial charge in [0, 0.05) is 12.1 Å². The minimum Gasteiger partial charge on any atom is -0.497 e.